The van der Waals surface area contributed by atoms with Crippen molar-refractivity contribution in [2.75, 3.05) is 6.61 Å². The van der Waals surface area contributed by atoms with Crippen molar-refractivity contribution in [2.45, 2.75) is 49.8 Å². The van der Waals surface area contributed by atoms with Gasteiger partial charge in [-0.2, -0.15) is 4.99 Å². The molecule has 1 heterocycles. The van der Waals surface area contributed by atoms with Crippen LogP contribution in [0, 0.1) is 11.8 Å². The Balaban J connectivity index is 1.52. The summed E-state index contributed by atoms with van der Waals surface area (Å²) in [6.45, 7) is 0.152. The van der Waals surface area contributed by atoms with Crippen LogP contribution in [-0.2, 0) is 4.79 Å². The van der Waals surface area contributed by atoms with Crippen LogP contribution in [0.1, 0.15) is 38.5 Å². The van der Waals surface area contributed by atoms with E-state index in [9.17, 15) is 4.79 Å². The van der Waals surface area contributed by atoms with Gasteiger partial charge in [-0.1, -0.05) is 18.2 Å². The highest BCUT2D eigenvalue weighted by Crippen LogP contribution is 2.44. The Bertz CT molecular complexity index is 372. The fourth-order valence-electron chi connectivity index (χ4n) is 3.49. The Morgan fingerprint density at radius 2 is 2.28 bits per heavy atom. The molecule has 5 heteroatoms. The normalized spacial score (nSPS) is 38.3. The Morgan fingerprint density at radius 1 is 1.39 bits per heavy atom. The molecule has 2 N–H and O–H groups in total. The van der Waals surface area contributed by atoms with E-state index in [0.717, 1.165) is 23.4 Å². The SMILES string of the molecule is O=C1N=C(NC2CC3CCC2C3)SC1CCCO. The van der Waals surface area contributed by atoms with Gasteiger partial charge >= 0.3 is 0 Å². The standard InChI is InChI=1S/C13H20N2O2S/c16-5-1-2-11-12(17)15-13(18-11)14-10-7-8-3-4-9(10)6-8/h8-11,16H,1-7H2,(H,14,15,17). The van der Waals surface area contributed by atoms with Crippen LogP contribution in [0.25, 0.3) is 0 Å². The molecule has 3 aliphatic rings. The van der Waals surface area contributed by atoms with Gasteiger partial charge < -0.3 is 10.4 Å². The highest BCUT2D eigenvalue weighted by Gasteiger charge is 2.41. The summed E-state index contributed by atoms with van der Waals surface area (Å²) in [4.78, 5) is 15.8. The van der Waals surface area contributed by atoms with Gasteiger partial charge in [0.15, 0.2) is 5.17 Å². The molecule has 0 aromatic heterocycles. The molecular weight excluding hydrogens is 248 g/mol. The summed E-state index contributed by atoms with van der Waals surface area (Å²) in [5, 5.41) is 13.0. The lowest BCUT2D eigenvalue weighted by Gasteiger charge is -2.23. The molecule has 4 nitrogen and oxygen atoms in total. The molecule has 2 fully saturated rings. The molecule has 0 saturated heterocycles. The molecule has 0 spiro atoms. The number of fused-ring (bicyclic) bond motifs is 2. The van der Waals surface area contributed by atoms with E-state index in [1.165, 1.54) is 25.7 Å². The predicted octanol–water partition coefficient (Wildman–Crippen LogP) is 1.54. The molecule has 4 unspecified atom stereocenters. The minimum atomic E-state index is -0.0711. The van der Waals surface area contributed by atoms with Gasteiger partial charge in [-0.25, -0.2) is 0 Å². The third-order valence-electron chi connectivity index (χ3n) is 4.41. The number of rotatable bonds is 4. The van der Waals surface area contributed by atoms with Crippen molar-refractivity contribution in [3.8, 4) is 0 Å². The number of amidine groups is 1. The quantitative estimate of drug-likeness (QED) is 0.812. The number of amides is 1. The Hall–Kier alpha value is -0.550. The topological polar surface area (TPSA) is 61.7 Å². The number of aliphatic hydroxyl groups is 1. The second-order valence-electron chi connectivity index (χ2n) is 5.65. The highest BCUT2D eigenvalue weighted by molar-refractivity contribution is 8.15. The van der Waals surface area contributed by atoms with E-state index in [-0.39, 0.29) is 17.8 Å². The molecule has 2 aliphatic carbocycles. The van der Waals surface area contributed by atoms with Crippen molar-refractivity contribution in [2.24, 2.45) is 16.8 Å². The van der Waals surface area contributed by atoms with Gasteiger partial charge in [-0.05, 0) is 43.9 Å². The fourth-order valence-corrected chi connectivity index (χ4v) is 4.56. The molecule has 18 heavy (non-hydrogen) atoms. The van der Waals surface area contributed by atoms with Crippen LogP contribution >= 0.6 is 11.8 Å². The number of nitrogens with one attached hydrogen (secondary N) is 1. The lowest BCUT2D eigenvalue weighted by molar-refractivity contribution is -0.117. The third kappa shape index (κ3) is 2.43. The third-order valence-corrected chi connectivity index (χ3v) is 5.57. The van der Waals surface area contributed by atoms with E-state index in [1.54, 1.807) is 11.8 Å². The van der Waals surface area contributed by atoms with Crippen molar-refractivity contribution >= 4 is 22.8 Å². The summed E-state index contributed by atoms with van der Waals surface area (Å²) in [5.41, 5.74) is 0. The molecule has 1 aliphatic heterocycles. The summed E-state index contributed by atoms with van der Waals surface area (Å²) in [7, 11) is 0. The van der Waals surface area contributed by atoms with Crippen LogP contribution in [0.3, 0.4) is 0 Å². The number of aliphatic hydroxyl groups excluding tert-OH is 1. The van der Waals surface area contributed by atoms with Gasteiger partial charge in [0.25, 0.3) is 5.91 Å². The first-order chi connectivity index (χ1) is 8.76. The van der Waals surface area contributed by atoms with E-state index in [0.29, 0.717) is 12.5 Å². The van der Waals surface area contributed by atoms with Crippen LogP contribution in [0.15, 0.2) is 4.99 Å². The number of hydrogen-bond donors (Lipinski definition) is 2. The molecule has 0 radical (unpaired) electrons. The van der Waals surface area contributed by atoms with Gasteiger partial charge in [0.1, 0.15) is 0 Å². The monoisotopic (exact) mass is 268 g/mol. The average Bonchev–Trinajstić information content (AvgIpc) is 3.03. The largest absolute Gasteiger partial charge is 0.396 e. The fraction of sp³-hybridized carbons (Fsp3) is 0.846. The summed E-state index contributed by atoms with van der Waals surface area (Å²) in [6.07, 6.45) is 6.74. The maximum Gasteiger partial charge on any atom is 0.261 e. The van der Waals surface area contributed by atoms with Gasteiger partial charge in [0, 0.05) is 12.6 Å². The number of carbonyl (C=O) groups is 1. The minimum Gasteiger partial charge on any atom is -0.396 e. The van der Waals surface area contributed by atoms with Gasteiger partial charge in [-0.3, -0.25) is 4.79 Å². The minimum absolute atomic E-state index is 0.0286. The number of thioether (sulfide) groups is 1. The number of aliphatic imine (C=N–C) groups is 1. The number of hydrogen-bond acceptors (Lipinski definition) is 4. The second-order valence-corrected chi connectivity index (χ2v) is 6.84. The lowest BCUT2D eigenvalue weighted by atomic mass is 9.96. The average molecular weight is 268 g/mol. The van der Waals surface area contributed by atoms with E-state index < -0.39 is 0 Å². The zero-order chi connectivity index (χ0) is 12.5. The van der Waals surface area contributed by atoms with E-state index >= 15 is 0 Å². The Kier molecular flexibility index (Phi) is 3.61. The molecule has 0 aromatic rings. The van der Waals surface area contributed by atoms with Crippen LogP contribution < -0.4 is 5.32 Å². The zero-order valence-electron chi connectivity index (χ0n) is 10.5. The zero-order valence-corrected chi connectivity index (χ0v) is 11.3. The number of nitrogens with zero attached hydrogens (tertiary/aromatic N) is 1. The Morgan fingerprint density at radius 3 is 2.94 bits per heavy atom. The summed E-state index contributed by atoms with van der Waals surface area (Å²) in [5.74, 6) is 1.67. The first kappa shape index (κ1) is 12.5. The second kappa shape index (κ2) is 5.21. The first-order valence-corrected chi connectivity index (χ1v) is 7.81. The molecule has 4 atom stereocenters. The van der Waals surface area contributed by atoms with Crippen molar-refractivity contribution in [1.29, 1.82) is 0 Å². The molecule has 2 saturated carbocycles. The van der Waals surface area contributed by atoms with Gasteiger partial charge in [-0.15, -0.1) is 0 Å². The molecular formula is C13H20N2O2S. The van der Waals surface area contributed by atoms with E-state index in [2.05, 4.69) is 10.3 Å². The summed E-state index contributed by atoms with van der Waals surface area (Å²) in [6, 6.07) is 0.541. The Labute approximate surface area is 112 Å². The molecule has 3 rings (SSSR count). The van der Waals surface area contributed by atoms with Crippen LogP contribution in [-0.4, -0.2) is 34.1 Å². The van der Waals surface area contributed by atoms with Gasteiger partial charge in [0.05, 0.1) is 5.25 Å². The van der Waals surface area contributed by atoms with E-state index in [4.69, 9.17) is 5.11 Å². The van der Waals surface area contributed by atoms with Crippen molar-refractivity contribution in [3.63, 3.8) is 0 Å². The summed E-state index contributed by atoms with van der Waals surface area (Å²) >= 11 is 1.55. The highest BCUT2D eigenvalue weighted by atomic mass is 32.2. The molecule has 100 valence electrons. The van der Waals surface area contributed by atoms with E-state index in [1.807, 2.05) is 0 Å². The maximum atomic E-state index is 11.7. The maximum absolute atomic E-state index is 11.7. The molecule has 2 bridgehead atoms. The smallest absolute Gasteiger partial charge is 0.261 e. The van der Waals surface area contributed by atoms with Crippen LogP contribution in [0.4, 0.5) is 0 Å². The lowest BCUT2D eigenvalue weighted by Crippen LogP contribution is -2.36. The van der Waals surface area contributed by atoms with Crippen molar-refractivity contribution in [3.05, 3.63) is 0 Å². The van der Waals surface area contributed by atoms with Crippen molar-refractivity contribution < 1.29 is 9.90 Å². The predicted molar refractivity (Wildman–Crippen MR) is 72.5 cm³/mol. The van der Waals surface area contributed by atoms with Gasteiger partial charge in [0.2, 0.25) is 0 Å². The molecule has 0 aromatic carbocycles. The van der Waals surface area contributed by atoms with Crippen LogP contribution in [0.2, 0.25) is 0 Å². The molecule has 1 amide bonds. The summed E-state index contributed by atoms with van der Waals surface area (Å²) < 4.78 is 0. The van der Waals surface area contributed by atoms with Crippen LogP contribution in [0.5, 0.6) is 0 Å². The first-order valence-electron chi connectivity index (χ1n) is 6.93. The van der Waals surface area contributed by atoms with Crippen molar-refractivity contribution in [1.82, 2.24) is 5.32 Å². The number of carbonyl (C=O) groups excluding carboxylic acids is 1.